The lowest BCUT2D eigenvalue weighted by molar-refractivity contribution is 0.103. The molecular formula is C19H20N4O2S. The number of nitrogens with two attached hydrogens (primary N) is 1. The number of rotatable bonds is 3. The van der Waals surface area contributed by atoms with Crippen LogP contribution in [0.1, 0.15) is 20.9 Å². The van der Waals surface area contributed by atoms with Crippen molar-refractivity contribution in [1.82, 2.24) is 9.88 Å². The zero-order valence-corrected chi connectivity index (χ0v) is 15.5. The van der Waals surface area contributed by atoms with Crippen molar-refractivity contribution < 1.29 is 9.53 Å². The molecule has 1 aliphatic rings. The van der Waals surface area contributed by atoms with Crippen molar-refractivity contribution in [2.45, 2.75) is 13.0 Å². The molecule has 0 atom stereocenters. The van der Waals surface area contributed by atoms with E-state index in [2.05, 4.69) is 23.3 Å². The Bertz CT molecular complexity index is 999. The van der Waals surface area contributed by atoms with Crippen molar-refractivity contribution in [2.75, 3.05) is 31.8 Å². The van der Waals surface area contributed by atoms with Crippen LogP contribution in [0.15, 0.2) is 30.3 Å². The highest BCUT2D eigenvalue weighted by Gasteiger charge is 2.22. The van der Waals surface area contributed by atoms with Gasteiger partial charge in [0.2, 0.25) is 0 Å². The predicted molar refractivity (Wildman–Crippen MR) is 105 cm³/mol. The summed E-state index contributed by atoms with van der Waals surface area (Å²) in [4.78, 5) is 21.1. The summed E-state index contributed by atoms with van der Waals surface area (Å²) in [6, 6.07) is 9.38. The number of para-hydroxylation sites is 2. The number of likely N-dealkylation sites (N-methyl/N-ethyl adjacent to an activating group) is 1. The van der Waals surface area contributed by atoms with E-state index >= 15 is 0 Å². The van der Waals surface area contributed by atoms with Crippen molar-refractivity contribution in [3.05, 3.63) is 46.5 Å². The minimum Gasteiger partial charge on any atom is -0.495 e. The second-order valence-electron chi connectivity index (χ2n) is 6.43. The summed E-state index contributed by atoms with van der Waals surface area (Å²) in [5.74, 6) is 0.363. The molecule has 134 valence electrons. The van der Waals surface area contributed by atoms with E-state index in [1.54, 1.807) is 19.2 Å². The lowest BCUT2D eigenvalue weighted by Crippen LogP contribution is -2.27. The van der Waals surface area contributed by atoms with Crippen LogP contribution in [-0.2, 0) is 13.0 Å². The second kappa shape index (κ2) is 6.59. The molecule has 0 aliphatic carbocycles. The standard InChI is InChI=1S/C19H20N4O2S/c1-23-8-7-13-11(10-23)9-12-16(20)17(26-19(12)22-13)18(24)21-14-5-3-4-6-15(14)25-2/h3-6,9H,7-8,10,20H2,1-2H3,(H,21,24). The maximum atomic E-state index is 12.8. The van der Waals surface area contributed by atoms with Crippen LogP contribution in [0.25, 0.3) is 10.2 Å². The molecule has 1 aliphatic heterocycles. The number of carbonyl (C=O) groups excluding carboxylic acids is 1. The smallest absolute Gasteiger partial charge is 0.268 e. The third-order valence-electron chi connectivity index (χ3n) is 4.62. The number of hydrogen-bond donors (Lipinski definition) is 2. The Balaban J connectivity index is 1.70. The van der Waals surface area contributed by atoms with Gasteiger partial charge in [0.05, 0.1) is 18.5 Å². The van der Waals surface area contributed by atoms with E-state index in [1.807, 2.05) is 12.1 Å². The number of aromatic nitrogens is 1. The fraction of sp³-hybridized carbons (Fsp3) is 0.263. The second-order valence-corrected chi connectivity index (χ2v) is 7.43. The van der Waals surface area contributed by atoms with Crippen molar-refractivity contribution in [3.63, 3.8) is 0 Å². The van der Waals surface area contributed by atoms with E-state index in [1.165, 1.54) is 16.9 Å². The molecule has 0 saturated heterocycles. The van der Waals surface area contributed by atoms with Crippen LogP contribution in [-0.4, -0.2) is 36.5 Å². The molecule has 0 saturated carbocycles. The average molecular weight is 368 g/mol. The molecule has 7 heteroatoms. The average Bonchev–Trinajstić information content (AvgIpc) is 2.96. The molecule has 3 N–H and O–H groups in total. The molecule has 0 fully saturated rings. The van der Waals surface area contributed by atoms with Gasteiger partial charge in [0.15, 0.2) is 0 Å². The maximum absolute atomic E-state index is 12.8. The third-order valence-corrected chi connectivity index (χ3v) is 5.74. The molecule has 2 aromatic heterocycles. The number of pyridine rings is 1. The van der Waals surface area contributed by atoms with Crippen LogP contribution in [0.4, 0.5) is 11.4 Å². The monoisotopic (exact) mass is 368 g/mol. The van der Waals surface area contributed by atoms with Crippen molar-refractivity contribution in [1.29, 1.82) is 0 Å². The van der Waals surface area contributed by atoms with Gasteiger partial charge in [0, 0.05) is 30.6 Å². The van der Waals surface area contributed by atoms with Gasteiger partial charge in [-0.3, -0.25) is 4.79 Å². The van der Waals surface area contributed by atoms with Gasteiger partial charge in [0.25, 0.3) is 5.91 Å². The highest BCUT2D eigenvalue weighted by Crippen LogP contribution is 2.36. The number of nitrogens with one attached hydrogen (secondary N) is 1. The molecule has 26 heavy (non-hydrogen) atoms. The number of hydrogen-bond acceptors (Lipinski definition) is 6. The number of amides is 1. The third kappa shape index (κ3) is 2.89. The van der Waals surface area contributed by atoms with Crippen molar-refractivity contribution >= 4 is 38.8 Å². The Morgan fingerprint density at radius 2 is 2.19 bits per heavy atom. The first kappa shape index (κ1) is 16.8. The Labute approximate surface area is 155 Å². The SMILES string of the molecule is COc1ccccc1NC(=O)c1sc2nc3c(cc2c1N)CN(C)CC3. The summed E-state index contributed by atoms with van der Waals surface area (Å²) in [6.07, 6.45) is 0.919. The van der Waals surface area contributed by atoms with Crippen LogP contribution in [0.5, 0.6) is 5.75 Å². The zero-order chi connectivity index (χ0) is 18.3. The molecule has 6 nitrogen and oxygen atoms in total. The number of nitrogen functional groups attached to an aromatic ring is 1. The molecule has 3 aromatic rings. The topological polar surface area (TPSA) is 80.5 Å². The van der Waals surface area contributed by atoms with E-state index in [4.69, 9.17) is 15.5 Å². The predicted octanol–water partition coefficient (Wildman–Crippen LogP) is 3.13. The number of fused-ring (bicyclic) bond motifs is 2. The number of carbonyl (C=O) groups is 1. The molecule has 3 heterocycles. The van der Waals surface area contributed by atoms with E-state index in [0.717, 1.165) is 35.4 Å². The van der Waals surface area contributed by atoms with Gasteiger partial charge >= 0.3 is 0 Å². The minimum absolute atomic E-state index is 0.245. The zero-order valence-electron chi connectivity index (χ0n) is 14.7. The molecule has 0 spiro atoms. The summed E-state index contributed by atoms with van der Waals surface area (Å²) in [7, 11) is 3.67. The first-order chi connectivity index (χ1) is 12.6. The van der Waals surface area contributed by atoms with E-state index in [-0.39, 0.29) is 5.91 Å². The lowest BCUT2D eigenvalue weighted by atomic mass is 10.0. The van der Waals surface area contributed by atoms with Crippen LogP contribution < -0.4 is 15.8 Å². The van der Waals surface area contributed by atoms with Gasteiger partial charge in [-0.2, -0.15) is 0 Å². The van der Waals surface area contributed by atoms with E-state index in [0.29, 0.717) is 22.0 Å². The molecule has 0 bridgehead atoms. The molecule has 0 radical (unpaired) electrons. The van der Waals surface area contributed by atoms with Crippen molar-refractivity contribution in [3.8, 4) is 5.75 Å². The summed E-state index contributed by atoms with van der Waals surface area (Å²) in [5, 5.41) is 3.74. The number of ether oxygens (including phenoxy) is 1. The van der Waals surface area contributed by atoms with Gasteiger partial charge in [0.1, 0.15) is 15.5 Å². The van der Waals surface area contributed by atoms with Crippen LogP contribution in [0, 0.1) is 0 Å². The highest BCUT2D eigenvalue weighted by atomic mass is 32.1. The van der Waals surface area contributed by atoms with E-state index in [9.17, 15) is 4.79 Å². The summed E-state index contributed by atoms with van der Waals surface area (Å²) in [6.45, 7) is 1.85. The Morgan fingerprint density at radius 1 is 1.38 bits per heavy atom. The summed E-state index contributed by atoms with van der Waals surface area (Å²) >= 11 is 1.34. The number of methoxy groups -OCH3 is 1. The molecule has 1 aromatic carbocycles. The first-order valence-electron chi connectivity index (χ1n) is 8.40. The number of nitrogens with zero attached hydrogens (tertiary/aromatic N) is 2. The van der Waals surface area contributed by atoms with Gasteiger partial charge in [-0.25, -0.2) is 4.98 Å². The molecule has 0 unspecified atom stereocenters. The van der Waals surface area contributed by atoms with Crippen molar-refractivity contribution in [2.24, 2.45) is 0 Å². The molecule has 1 amide bonds. The first-order valence-corrected chi connectivity index (χ1v) is 9.22. The molecule has 4 rings (SSSR count). The Kier molecular flexibility index (Phi) is 4.26. The normalized spacial score (nSPS) is 14.2. The summed E-state index contributed by atoms with van der Waals surface area (Å²) in [5.41, 5.74) is 9.69. The van der Waals surface area contributed by atoms with Gasteiger partial charge in [-0.15, -0.1) is 11.3 Å². The molecular weight excluding hydrogens is 348 g/mol. The quantitative estimate of drug-likeness (QED) is 0.742. The maximum Gasteiger partial charge on any atom is 0.268 e. The van der Waals surface area contributed by atoms with Crippen LogP contribution in [0.3, 0.4) is 0 Å². The summed E-state index contributed by atoms with van der Waals surface area (Å²) < 4.78 is 5.29. The fourth-order valence-corrected chi connectivity index (χ4v) is 4.23. The van der Waals surface area contributed by atoms with Gasteiger partial charge in [-0.05, 0) is 30.8 Å². The van der Waals surface area contributed by atoms with Gasteiger partial charge in [-0.1, -0.05) is 12.1 Å². The number of benzene rings is 1. The number of anilines is 2. The van der Waals surface area contributed by atoms with Crippen LogP contribution >= 0.6 is 11.3 Å². The minimum atomic E-state index is -0.245. The lowest BCUT2D eigenvalue weighted by Gasteiger charge is -2.24. The fourth-order valence-electron chi connectivity index (χ4n) is 3.23. The number of thiophene rings is 1. The highest BCUT2D eigenvalue weighted by molar-refractivity contribution is 7.21. The van der Waals surface area contributed by atoms with E-state index < -0.39 is 0 Å². The van der Waals surface area contributed by atoms with Crippen LogP contribution in [0.2, 0.25) is 0 Å². The van der Waals surface area contributed by atoms with Gasteiger partial charge < -0.3 is 20.7 Å². The Hall–Kier alpha value is -2.64. The largest absolute Gasteiger partial charge is 0.495 e. The Morgan fingerprint density at radius 3 is 3.00 bits per heavy atom.